The van der Waals surface area contributed by atoms with Gasteiger partial charge in [-0.1, -0.05) is 19.3 Å². The molecule has 0 rings (SSSR count). The molecule has 1 atom stereocenters. The summed E-state index contributed by atoms with van der Waals surface area (Å²) < 4.78 is 0. The summed E-state index contributed by atoms with van der Waals surface area (Å²) in [5.41, 5.74) is 0. The van der Waals surface area contributed by atoms with Gasteiger partial charge in [0.15, 0.2) is 0 Å². The van der Waals surface area contributed by atoms with Crippen molar-refractivity contribution in [2.45, 2.75) is 26.7 Å². The van der Waals surface area contributed by atoms with Gasteiger partial charge in [0.05, 0.1) is 0 Å². The van der Waals surface area contributed by atoms with E-state index in [1.165, 1.54) is 0 Å². The molecular formula is C8H12O2. The molecule has 0 aromatic heterocycles. The molecular weight excluding hydrogens is 128 g/mol. The van der Waals surface area contributed by atoms with Crippen molar-refractivity contribution in [1.29, 1.82) is 0 Å². The van der Waals surface area contributed by atoms with Crippen LogP contribution in [0.3, 0.4) is 0 Å². The van der Waals surface area contributed by atoms with Crippen LogP contribution in [0.15, 0.2) is 0 Å². The largest absolute Gasteiger partial charge is 0.480 e. The summed E-state index contributed by atoms with van der Waals surface area (Å²) in [6.07, 6.45) is 1.52. The zero-order valence-corrected chi connectivity index (χ0v) is 6.35. The first-order valence-electron chi connectivity index (χ1n) is 3.37. The topological polar surface area (TPSA) is 37.3 Å². The lowest BCUT2D eigenvalue weighted by molar-refractivity contribution is -0.139. The second kappa shape index (κ2) is 4.87. The molecule has 1 N–H and O–H groups in total. The first-order chi connectivity index (χ1) is 4.72. The van der Waals surface area contributed by atoms with Crippen LogP contribution in [0.4, 0.5) is 0 Å². The zero-order chi connectivity index (χ0) is 7.98. The van der Waals surface area contributed by atoms with E-state index in [0.717, 1.165) is 6.42 Å². The van der Waals surface area contributed by atoms with E-state index in [2.05, 4.69) is 11.8 Å². The van der Waals surface area contributed by atoms with Crippen LogP contribution in [0, 0.1) is 17.8 Å². The normalized spacial score (nSPS) is 11.4. The van der Waals surface area contributed by atoms with Gasteiger partial charge in [-0.3, -0.25) is 4.79 Å². The number of rotatable bonds is 3. The van der Waals surface area contributed by atoms with Crippen LogP contribution in [-0.4, -0.2) is 11.1 Å². The lowest BCUT2D eigenvalue weighted by Crippen LogP contribution is -2.10. The molecule has 0 saturated carbocycles. The molecule has 0 spiro atoms. The van der Waals surface area contributed by atoms with Crippen LogP contribution in [0.25, 0.3) is 0 Å². The van der Waals surface area contributed by atoms with Crippen molar-refractivity contribution >= 4 is 5.97 Å². The van der Waals surface area contributed by atoms with Gasteiger partial charge >= 0.3 is 5.97 Å². The van der Waals surface area contributed by atoms with Gasteiger partial charge in [0.2, 0.25) is 0 Å². The van der Waals surface area contributed by atoms with Crippen molar-refractivity contribution in [2.75, 3.05) is 0 Å². The minimum atomic E-state index is -0.809. The fraction of sp³-hybridized carbons (Fsp3) is 0.625. The van der Waals surface area contributed by atoms with Crippen molar-refractivity contribution in [1.82, 2.24) is 0 Å². The fourth-order valence-corrected chi connectivity index (χ4v) is 0.720. The summed E-state index contributed by atoms with van der Waals surface area (Å²) in [7, 11) is 0. The second-order valence-electron chi connectivity index (χ2n) is 2.07. The van der Waals surface area contributed by atoms with Crippen LogP contribution in [0.1, 0.15) is 26.7 Å². The van der Waals surface area contributed by atoms with Crippen LogP contribution in [-0.2, 0) is 4.79 Å². The summed E-state index contributed by atoms with van der Waals surface area (Å²) >= 11 is 0. The highest BCUT2D eigenvalue weighted by Gasteiger charge is 2.11. The molecule has 0 aromatic rings. The van der Waals surface area contributed by atoms with Crippen molar-refractivity contribution in [2.24, 2.45) is 5.92 Å². The van der Waals surface area contributed by atoms with E-state index in [1.54, 1.807) is 6.92 Å². The Bertz CT molecular complexity index is 162. The zero-order valence-electron chi connectivity index (χ0n) is 6.35. The van der Waals surface area contributed by atoms with E-state index in [1.807, 2.05) is 6.92 Å². The number of carboxylic acids is 1. The molecule has 10 heavy (non-hydrogen) atoms. The van der Waals surface area contributed by atoms with Crippen LogP contribution in [0.5, 0.6) is 0 Å². The molecule has 0 saturated heterocycles. The summed E-state index contributed by atoms with van der Waals surface area (Å²) in [4.78, 5) is 10.4. The van der Waals surface area contributed by atoms with Crippen molar-refractivity contribution in [3.8, 4) is 11.8 Å². The van der Waals surface area contributed by atoms with Gasteiger partial charge in [0.25, 0.3) is 0 Å². The monoisotopic (exact) mass is 140 g/mol. The number of carbonyl (C=O) groups is 1. The van der Waals surface area contributed by atoms with Crippen molar-refractivity contribution in [3.05, 3.63) is 0 Å². The van der Waals surface area contributed by atoms with E-state index in [4.69, 9.17) is 5.11 Å². The molecule has 2 nitrogen and oxygen atoms in total. The maximum atomic E-state index is 10.4. The number of hydrogen-bond acceptors (Lipinski definition) is 1. The minimum Gasteiger partial charge on any atom is -0.480 e. The maximum absolute atomic E-state index is 10.4. The molecule has 1 unspecified atom stereocenters. The molecule has 2 heteroatoms. The minimum absolute atomic E-state index is 0.463. The van der Waals surface area contributed by atoms with E-state index >= 15 is 0 Å². The molecule has 56 valence electrons. The summed E-state index contributed by atoms with van der Waals surface area (Å²) in [6.45, 7) is 3.61. The van der Waals surface area contributed by atoms with Gasteiger partial charge in [0.1, 0.15) is 5.92 Å². The van der Waals surface area contributed by atoms with Gasteiger partial charge in [-0.05, 0) is 13.3 Å². The Morgan fingerprint density at radius 1 is 1.70 bits per heavy atom. The lowest BCUT2D eigenvalue weighted by Gasteiger charge is -2.00. The Morgan fingerprint density at radius 3 is 2.60 bits per heavy atom. The summed E-state index contributed by atoms with van der Waals surface area (Å²) in [5, 5.41) is 8.53. The Morgan fingerprint density at radius 2 is 2.30 bits per heavy atom. The van der Waals surface area contributed by atoms with Gasteiger partial charge < -0.3 is 5.11 Å². The van der Waals surface area contributed by atoms with Gasteiger partial charge in [-0.2, -0.15) is 0 Å². The molecule has 0 aliphatic heterocycles. The van der Waals surface area contributed by atoms with Gasteiger partial charge in [-0.25, -0.2) is 0 Å². The fourth-order valence-electron chi connectivity index (χ4n) is 0.720. The molecule has 0 radical (unpaired) electrons. The van der Waals surface area contributed by atoms with Crippen molar-refractivity contribution in [3.63, 3.8) is 0 Å². The number of aliphatic carboxylic acids is 1. The predicted octanol–water partition coefficient (Wildman–Crippen LogP) is 1.51. The Kier molecular flexibility index (Phi) is 4.39. The highest BCUT2D eigenvalue weighted by molar-refractivity contribution is 5.73. The van der Waals surface area contributed by atoms with Crippen LogP contribution >= 0.6 is 0 Å². The second-order valence-corrected chi connectivity index (χ2v) is 2.07. The van der Waals surface area contributed by atoms with E-state index < -0.39 is 11.9 Å². The molecule has 0 fully saturated rings. The third-order valence-corrected chi connectivity index (χ3v) is 1.19. The van der Waals surface area contributed by atoms with Crippen LogP contribution < -0.4 is 0 Å². The van der Waals surface area contributed by atoms with E-state index in [0.29, 0.717) is 6.42 Å². The quantitative estimate of drug-likeness (QED) is 0.603. The third-order valence-electron chi connectivity index (χ3n) is 1.19. The SMILES string of the molecule is CC#CC(CCC)C(=O)O. The first kappa shape index (κ1) is 9.03. The maximum Gasteiger partial charge on any atom is 0.318 e. The molecule has 0 heterocycles. The highest BCUT2D eigenvalue weighted by atomic mass is 16.4. The Balaban J connectivity index is 3.94. The molecule has 0 aliphatic rings. The first-order valence-corrected chi connectivity index (χ1v) is 3.37. The average molecular weight is 140 g/mol. The molecule has 0 aromatic carbocycles. The lowest BCUT2D eigenvalue weighted by atomic mass is 10.1. The predicted molar refractivity (Wildman–Crippen MR) is 39.5 cm³/mol. The molecule has 0 bridgehead atoms. The van der Waals surface area contributed by atoms with Crippen molar-refractivity contribution < 1.29 is 9.90 Å². The molecule has 0 amide bonds. The number of carboxylic acid groups (broad SMARTS) is 1. The standard InChI is InChI=1S/C8H12O2/c1-3-5-7(6-4-2)8(9)10/h7H,3,5H2,1-2H3,(H,9,10). The molecule has 0 aliphatic carbocycles. The number of hydrogen-bond donors (Lipinski definition) is 1. The third kappa shape index (κ3) is 3.13. The summed E-state index contributed by atoms with van der Waals surface area (Å²) in [5.74, 6) is 3.96. The Hall–Kier alpha value is -0.970. The smallest absolute Gasteiger partial charge is 0.318 e. The van der Waals surface area contributed by atoms with Gasteiger partial charge in [-0.15, -0.1) is 5.92 Å². The summed E-state index contributed by atoms with van der Waals surface area (Å²) in [6, 6.07) is 0. The average Bonchev–Trinajstić information content (AvgIpc) is 1.87. The van der Waals surface area contributed by atoms with Gasteiger partial charge in [0, 0.05) is 0 Å². The van der Waals surface area contributed by atoms with E-state index in [-0.39, 0.29) is 0 Å². The van der Waals surface area contributed by atoms with E-state index in [9.17, 15) is 4.79 Å². The highest BCUT2D eigenvalue weighted by Crippen LogP contribution is 2.03. The Labute approximate surface area is 61.2 Å². The van der Waals surface area contributed by atoms with Crippen LogP contribution in [0.2, 0.25) is 0 Å².